The summed E-state index contributed by atoms with van der Waals surface area (Å²) in [5.41, 5.74) is 0. The van der Waals surface area contributed by atoms with Gasteiger partial charge in [0.2, 0.25) is 5.91 Å². The van der Waals surface area contributed by atoms with Crippen molar-refractivity contribution in [2.75, 3.05) is 26.8 Å². The Kier molecular flexibility index (Phi) is 7.93. The van der Waals surface area contributed by atoms with Crippen LogP contribution in [-0.4, -0.2) is 38.8 Å². The second-order valence-electron chi connectivity index (χ2n) is 4.57. The fraction of sp³-hybridized carbons (Fsp3) is 0.643. The van der Waals surface area contributed by atoms with E-state index in [9.17, 15) is 4.79 Å². The molecular weight excluding hydrogens is 244 g/mol. The molecule has 5 heteroatoms. The minimum Gasteiger partial charge on any atom is -0.469 e. The van der Waals surface area contributed by atoms with Crippen LogP contribution in [0.5, 0.6) is 0 Å². The van der Waals surface area contributed by atoms with Crippen molar-refractivity contribution >= 4 is 5.91 Å². The zero-order valence-corrected chi connectivity index (χ0v) is 11.8. The van der Waals surface area contributed by atoms with Crippen LogP contribution in [0.15, 0.2) is 22.8 Å². The normalized spacial score (nSPS) is 12.3. The maximum atomic E-state index is 11.4. The predicted molar refractivity (Wildman–Crippen MR) is 74.0 cm³/mol. The molecule has 0 spiro atoms. The van der Waals surface area contributed by atoms with Crippen LogP contribution < -0.4 is 10.6 Å². The lowest BCUT2D eigenvalue weighted by molar-refractivity contribution is -0.121. The second-order valence-corrected chi connectivity index (χ2v) is 4.57. The number of carbonyl (C=O) groups excluding carboxylic acids is 1. The van der Waals surface area contributed by atoms with Crippen molar-refractivity contribution in [3.05, 3.63) is 24.2 Å². The first-order valence-electron chi connectivity index (χ1n) is 6.73. The number of methoxy groups -OCH3 is 1. The first kappa shape index (κ1) is 15.7. The standard InChI is InChI=1S/C14H24N2O3/c1-12(5-6-13-4-3-10-19-13)15-8-7-14(17)16-9-11-18-2/h3-4,10,12,15H,5-9,11H2,1-2H3,(H,16,17). The minimum absolute atomic E-state index is 0.0581. The first-order chi connectivity index (χ1) is 9.22. The fourth-order valence-corrected chi connectivity index (χ4v) is 1.73. The van der Waals surface area contributed by atoms with Gasteiger partial charge in [-0.3, -0.25) is 4.79 Å². The SMILES string of the molecule is COCCNC(=O)CCNC(C)CCc1ccco1. The van der Waals surface area contributed by atoms with E-state index in [1.165, 1.54) is 0 Å². The largest absolute Gasteiger partial charge is 0.469 e. The molecule has 1 amide bonds. The van der Waals surface area contributed by atoms with Gasteiger partial charge in [-0.15, -0.1) is 0 Å². The molecule has 108 valence electrons. The number of furan rings is 1. The molecule has 0 bridgehead atoms. The molecule has 1 atom stereocenters. The van der Waals surface area contributed by atoms with E-state index in [2.05, 4.69) is 17.6 Å². The van der Waals surface area contributed by atoms with Crippen molar-refractivity contribution in [2.24, 2.45) is 0 Å². The second kappa shape index (κ2) is 9.58. The molecule has 19 heavy (non-hydrogen) atoms. The third kappa shape index (κ3) is 7.64. The zero-order valence-electron chi connectivity index (χ0n) is 11.8. The highest BCUT2D eigenvalue weighted by atomic mass is 16.5. The summed E-state index contributed by atoms with van der Waals surface area (Å²) < 4.78 is 10.1. The van der Waals surface area contributed by atoms with Crippen molar-refractivity contribution in [3.8, 4) is 0 Å². The highest BCUT2D eigenvalue weighted by Gasteiger charge is 2.05. The number of hydrogen-bond donors (Lipinski definition) is 2. The van der Waals surface area contributed by atoms with Gasteiger partial charge in [0.05, 0.1) is 12.9 Å². The Bertz CT molecular complexity index is 338. The van der Waals surface area contributed by atoms with Gasteiger partial charge in [-0.25, -0.2) is 0 Å². The van der Waals surface area contributed by atoms with E-state index in [0.29, 0.717) is 32.2 Å². The van der Waals surface area contributed by atoms with Crippen LogP contribution in [0.1, 0.15) is 25.5 Å². The molecule has 0 radical (unpaired) electrons. The number of aryl methyl sites for hydroxylation is 1. The summed E-state index contributed by atoms with van der Waals surface area (Å²) in [6.07, 6.45) is 4.10. The topological polar surface area (TPSA) is 63.5 Å². The summed E-state index contributed by atoms with van der Waals surface area (Å²) in [7, 11) is 1.62. The van der Waals surface area contributed by atoms with Gasteiger partial charge in [0.1, 0.15) is 5.76 Å². The van der Waals surface area contributed by atoms with Gasteiger partial charge in [0.15, 0.2) is 0 Å². The lowest BCUT2D eigenvalue weighted by Gasteiger charge is -2.12. The Balaban J connectivity index is 2.00. The molecule has 1 unspecified atom stereocenters. The lowest BCUT2D eigenvalue weighted by atomic mass is 10.1. The van der Waals surface area contributed by atoms with Crippen LogP contribution in [0.25, 0.3) is 0 Å². The van der Waals surface area contributed by atoms with Crippen LogP contribution in [0.2, 0.25) is 0 Å². The molecule has 5 nitrogen and oxygen atoms in total. The zero-order chi connectivity index (χ0) is 13.9. The van der Waals surface area contributed by atoms with E-state index in [1.807, 2.05) is 12.1 Å². The number of nitrogens with one attached hydrogen (secondary N) is 2. The summed E-state index contributed by atoms with van der Waals surface area (Å²) in [5.74, 6) is 1.06. The molecule has 1 aromatic heterocycles. The maximum absolute atomic E-state index is 11.4. The Morgan fingerprint density at radius 3 is 3.00 bits per heavy atom. The van der Waals surface area contributed by atoms with Crippen molar-refractivity contribution in [1.29, 1.82) is 0 Å². The van der Waals surface area contributed by atoms with E-state index in [0.717, 1.165) is 18.6 Å². The predicted octanol–water partition coefficient (Wildman–Crippen LogP) is 1.34. The summed E-state index contributed by atoms with van der Waals surface area (Å²) in [6, 6.07) is 4.25. The molecule has 1 rings (SSSR count). The summed E-state index contributed by atoms with van der Waals surface area (Å²) in [6.45, 7) is 3.94. The van der Waals surface area contributed by atoms with E-state index in [-0.39, 0.29) is 5.91 Å². The number of amides is 1. The quantitative estimate of drug-likeness (QED) is 0.629. The molecule has 0 aromatic carbocycles. The number of hydrogen-bond acceptors (Lipinski definition) is 4. The van der Waals surface area contributed by atoms with Gasteiger partial charge >= 0.3 is 0 Å². The van der Waals surface area contributed by atoms with E-state index < -0.39 is 0 Å². The van der Waals surface area contributed by atoms with Gasteiger partial charge in [-0.2, -0.15) is 0 Å². The maximum Gasteiger partial charge on any atom is 0.221 e. The Hall–Kier alpha value is -1.33. The van der Waals surface area contributed by atoms with E-state index in [1.54, 1.807) is 13.4 Å². The van der Waals surface area contributed by atoms with Crippen LogP contribution in [0.3, 0.4) is 0 Å². The minimum atomic E-state index is 0.0581. The Morgan fingerprint density at radius 1 is 1.47 bits per heavy atom. The highest BCUT2D eigenvalue weighted by Crippen LogP contribution is 2.05. The number of ether oxygens (including phenoxy) is 1. The third-order valence-electron chi connectivity index (χ3n) is 2.88. The molecule has 1 aromatic rings. The van der Waals surface area contributed by atoms with Crippen molar-refractivity contribution < 1.29 is 13.9 Å². The molecule has 0 saturated carbocycles. The molecule has 1 heterocycles. The van der Waals surface area contributed by atoms with Gasteiger partial charge in [0.25, 0.3) is 0 Å². The van der Waals surface area contributed by atoms with Gasteiger partial charge in [-0.1, -0.05) is 0 Å². The van der Waals surface area contributed by atoms with Crippen LogP contribution >= 0.6 is 0 Å². The number of rotatable bonds is 10. The summed E-state index contributed by atoms with van der Waals surface area (Å²) in [5, 5.41) is 6.13. The third-order valence-corrected chi connectivity index (χ3v) is 2.88. The molecule has 0 aliphatic carbocycles. The Morgan fingerprint density at radius 2 is 2.32 bits per heavy atom. The smallest absolute Gasteiger partial charge is 0.221 e. The van der Waals surface area contributed by atoms with Crippen LogP contribution in [0, 0.1) is 0 Å². The van der Waals surface area contributed by atoms with Gasteiger partial charge < -0.3 is 19.8 Å². The Labute approximate surface area is 114 Å². The van der Waals surface area contributed by atoms with E-state index >= 15 is 0 Å². The van der Waals surface area contributed by atoms with Crippen LogP contribution in [0.4, 0.5) is 0 Å². The fourth-order valence-electron chi connectivity index (χ4n) is 1.73. The summed E-state index contributed by atoms with van der Waals surface area (Å²) in [4.78, 5) is 11.4. The monoisotopic (exact) mass is 268 g/mol. The highest BCUT2D eigenvalue weighted by molar-refractivity contribution is 5.76. The lowest BCUT2D eigenvalue weighted by Crippen LogP contribution is -2.33. The average molecular weight is 268 g/mol. The number of carbonyl (C=O) groups is 1. The van der Waals surface area contributed by atoms with Crippen molar-refractivity contribution in [2.45, 2.75) is 32.2 Å². The summed E-state index contributed by atoms with van der Waals surface area (Å²) >= 11 is 0. The molecule has 2 N–H and O–H groups in total. The molecule has 0 saturated heterocycles. The van der Waals surface area contributed by atoms with Gasteiger partial charge in [-0.05, 0) is 25.5 Å². The first-order valence-corrected chi connectivity index (χ1v) is 6.73. The average Bonchev–Trinajstić information content (AvgIpc) is 2.90. The molecule has 0 aliphatic heterocycles. The molecule has 0 aliphatic rings. The van der Waals surface area contributed by atoms with Gasteiger partial charge in [0, 0.05) is 39.1 Å². The van der Waals surface area contributed by atoms with E-state index in [4.69, 9.17) is 9.15 Å². The van der Waals surface area contributed by atoms with Crippen molar-refractivity contribution in [3.63, 3.8) is 0 Å². The van der Waals surface area contributed by atoms with Crippen molar-refractivity contribution in [1.82, 2.24) is 10.6 Å². The molecular formula is C14H24N2O3. The molecule has 0 fully saturated rings. The van der Waals surface area contributed by atoms with Crippen LogP contribution in [-0.2, 0) is 16.0 Å².